The first-order chi connectivity index (χ1) is 9.60. The number of aliphatic hydroxyl groups excluding tert-OH is 1. The van der Waals surface area contributed by atoms with Crippen LogP contribution >= 0.6 is 11.6 Å². The minimum absolute atomic E-state index is 0.0783. The van der Waals surface area contributed by atoms with Crippen LogP contribution in [0.2, 0.25) is 5.02 Å². The molecule has 2 unspecified atom stereocenters. The van der Waals surface area contributed by atoms with Gasteiger partial charge in [-0.3, -0.25) is 4.79 Å². The minimum atomic E-state index is -0.205. The zero-order valence-electron chi connectivity index (χ0n) is 11.9. The molecular formula is C15H23ClN2O2. The predicted octanol–water partition coefficient (Wildman–Crippen LogP) is 2.83. The highest BCUT2D eigenvalue weighted by molar-refractivity contribution is 6.31. The topological polar surface area (TPSA) is 54.3 Å². The first-order valence-corrected chi connectivity index (χ1v) is 7.80. The van der Waals surface area contributed by atoms with Crippen LogP contribution in [0.1, 0.15) is 49.5 Å². The van der Waals surface area contributed by atoms with Gasteiger partial charge in [0.05, 0.1) is 11.1 Å². The Balaban J connectivity index is 1.91. The van der Waals surface area contributed by atoms with E-state index in [0.29, 0.717) is 23.2 Å². The van der Waals surface area contributed by atoms with Gasteiger partial charge in [0.2, 0.25) is 0 Å². The van der Waals surface area contributed by atoms with E-state index >= 15 is 0 Å². The van der Waals surface area contributed by atoms with E-state index in [2.05, 4.69) is 12.2 Å². The maximum absolute atomic E-state index is 12.2. The van der Waals surface area contributed by atoms with Gasteiger partial charge in [-0.15, -0.1) is 0 Å². The van der Waals surface area contributed by atoms with E-state index in [1.807, 2.05) is 4.57 Å². The van der Waals surface area contributed by atoms with Crippen molar-refractivity contribution in [3.05, 3.63) is 23.0 Å². The van der Waals surface area contributed by atoms with Crippen LogP contribution in [-0.4, -0.2) is 28.2 Å². The van der Waals surface area contributed by atoms with Crippen LogP contribution in [0.15, 0.2) is 12.3 Å². The molecule has 1 fully saturated rings. The van der Waals surface area contributed by atoms with E-state index in [-0.39, 0.29) is 12.0 Å². The summed E-state index contributed by atoms with van der Waals surface area (Å²) in [5.41, 5.74) is 0.619. The Bertz CT molecular complexity index is 459. The summed E-state index contributed by atoms with van der Waals surface area (Å²) in [4.78, 5) is 12.2. The SMILES string of the molecule is CCCn1cc(Cl)cc1C(=O)NCC1CCCC(O)C1. The van der Waals surface area contributed by atoms with Crippen LogP contribution in [0.4, 0.5) is 0 Å². The molecule has 1 aliphatic rings. The summed E-state index contributed by atoms with van der Waals surface area (Å²) in [6.07, 6.45) is 6.35. The number of carbonyl (C=O) groups excluding carboxylic acids is 1. The fraction of sp³-hybridized carbons (Fsp3) is 0.667. The average Bonchev–Trinajstić information content (AvgIpc) is 2.78. The summed E-state index contributed by atoms with van der Waals surface area (Å²) in [5, 5.41) is 13.2. The number of halogens is 1. The Morgan fingerprint density at radius 3 is 3.05 bits per heavy atom. The van der Waals surface area contributed by atoms with E-state index in [1.54, 1.807) is 12.3 Å². The van der Waals surface area contributed by atoms with Crippen molar-refractivity contribution in [2.75, 3.05) is 6.54 Å². The van der Waals surface area contributed by atoms with Crippen LogP contribution in [0.25, 0.3) is 0 Å². The largest absolute Gasteiger partial charge is 0.393 e. The third-order valence-electron chi connectivity index (χ3n) is 3.87. The second-order valence-electron chi connectivity index (χ2n) is 5.63. The Labute approximate surface area is 125 Å². The smallest absolute Gasteiger partial charge is 0.267 e. The minimum Gasteiger partial charge on any atom is -0.393 e. The lowest BCUT2D eigenvalue weighted by Crippen LogP contribution is -2.33. The van der Waals surface area contributed by atoms with E-state index in [9.17, 15) is 9.90 Å². The zero-order chi connectivity index (χ0) is 14.5. The number of hydrogen-bond acceptors (Lipinski definition) is 2. The molecule has 0 spiro atoms. The molecule has 20 heavy (non-hydrogen) atoms. The summed E-state index contributed by atoms with van der Waals surface area (Å²) in [6.45, 7) is 3.49. The summed E-state index contributed by atoms with van der Waals surface area (Å²) < 4.78 is 1.90. The second kappa shape index (κ2) is 7.14. The van der Waals surface area contributed by atoms with Crippen molar-refractivity contribution in [3.8, 4) is 0 Å². The maximum atomic E-state index is 12.2. The highest BCUT2D eigenvalue weighted by Gasteiger charge is 2.21. The van der Waals surface area contributed by atoms with Crippen molar-refractivity contribution in [2.24, 2.45) is 5.92 Å². The number of aromatic nitrogens is 1. The predicted molar refractivity (Wildman–Crippen MR) is 80.0 cm³/mol. The van der Waals surface area contributed by atoms with Gasteiger partial charge in [-0.2, -0.15) is 0 Å². The molecule has 1 aliphatic carbocycles. The van der Waals surface area contributed by atoms with Crippen molar-refractivity contribution >= 4 is 17.5 Å². The molecule has 4 nitrogen and oxygen atoms in total. The molecule has 0 bridgehead atoms. The molecule has 2 N–H and O–H groups in total. The van der Waals surface area contributed by atoms with Crippen molar-refractivity contribution in [1.29, 1.82) is 0 Å². The van der Waals surface area contributed by atoms with Gasteiger partial charge >= 0.3 is 0 Å². The normalized spacial score (nSPS) is 22.8. The molecular weight excluding hydrogens is 276 g/mol. The van der Waals surface area contributed by atoms with E-state index in [4.69, 9.17) is 11.6 Å². The van der Waals surface area contributed by atoms with E-state index < -0.39 is 0 Å². The molecule has 2 rings (SSSR count). The molecule has 0 saturated heterocycles. The van der Waals surface area contributed by atoms with Crippen LogP contribution in [0, 0.1) is 5.92 Å². The van der Waals surface area contributed by atoms with Gasteiger partial charge in [0, 0.05) is 19.3 Å². The highest BCUT2D eigenvalue weighted by atomic mass is 35.5. The van der Waals surface area contributed by atoms with Gasteiger partial charge in [-0.05, 0) is 37.7 Å². The number of aryl methyl sites for hydroxylation is 1. The Hall–Kier alpha value is -1.00. The molecule has 0 aromatic carbocycles. The van der Waals surface area contributed by atoms with Crippen molar-refractivity contribution < 1.29 is 9.90 Å². The molecule has 0 aliphatic heterocycles. The highest BCUT2D eigenvalue weighted by Crippen LogP contribution is 2.23. The number of rotatable bonds is 5. The molecule has 0 radical (unpaired) electrons. The lowest BCUT2D eigenvalue weighted by atomic mass is 9.87. The Morgan fingerprint density at radius 1 is 1.55 bits per heavy atom. The lowest BCUT2D eigenvalue weighted by Gasteiger charge is -2.25. The molecule has 1 saturated carbocycles. The van der Waals surface area contributed by atoms with Crippen molar-refractivity contribution in [1.82, 2.24) is 9.88 Å². The second-order valence-corrected chi connectivity index (χ2v) is 6.07. The fourth-order valence-electron chi connectivity index (χ4n) is 2.87. The van der Waals surface area contributed by atoms with Crippen LogP contribution in [0.3, 0.4) is 0 Å². The molecule has 5 heteroatoms. The number of hydrogen-bond donors (Lipinski definition) is 2. The van der Waals surface area contributed by atoms with E-state index in [0.717, 1.165) is 38.6 Å². The van der Waals surface area contributed by atoms with Gasteiger partial charge in [-0.25, -0.2) is 0 Å². The summed E-state index contributed by atoms with van der Waals surface area (Å²) in [7, 11) is 0. The van der Waals surface area contributed by atoms with Crippen LogP contribution in [-0.2, 0) is 6.54 Å². The zero-order valence-corrected chi connectivity index (χ0v) is 12.7. The Kier molecular flexibility index (Phi) is 5.49. The van der Waals surface area contributed by atoms with Crippen LogP contribution < -0.4 is 5.32 Å². The monoisotopic (exact) mass is 298 g/mol. The third-order valence-corrected chi connectivity index (χ3v) is 4.07. The van der Waals surface area contributed by atoms with Gasteiger partial charge in [0.1, 0.15) is 5.69 Å². The maximum Gasteiger partial charge on any atom is 0.267 e. The summed E-state index contributed by atoms with van der Waals surface area (Å²) >= 11 is 5.98. The van der Waals surface area contributed by atoms with Gasteiger partial charge in [-0.1, -0.05) is 24.9 Å². The Morgan fingerprint density at radius 2 is 2.35 bits per heavy atom. The fourth-order valence-corrected chi connectivity index (χ4v) is 3.09. The molecule has 1 amide bonds. The average molecular weight is 299 g/mol. The molecule has 1 aromatic heterocycles. The van der Waals surface area contributed by atoms with Crippen molar-refractivity contribution in [3.63, 3.8) is 0 Å². The lowest BCUT2D eigenvalue weighted by molar-refractivity contribution is 0.0867. The van der Waals surface area contributed by atoms with E-state index in [1.165, 1.54) is 0 Å². The third kappa shape index (κ3) is 4.00. The number of nitrogens with zero attached hydrogens (tertiary/aromatic N) is 1. The quantitative estimate of drug-likeness (QED) is 0.878. The summed E-state index contributed by atoms with van der Waals surface area (Å²) in [5.74, 6) is 0.304. The number of nitrogens with one attached hydrogen (secondary N) is 1. The first-order valence-electron chi connectivity index (χ1n) is 7.42. The number of amides is 1. The molecule has 1 heterocycles. The van der Waals surface area contributed by atoms with Gasteiger partial charge in [0.25, 0.3) is 5.91 Å². The number of carbonyl (C=O) groups is 1. The first kappa shape index (κ1) is 15.4. The van der Waals surface area contributed by atoms with Crippen molar-refractivity contribution in [2.45, 2.75) is 51.7 Å². The molecule has 2 atom stereocenters. The number of aliphatic hydroxyl groups is 1. The van der Waals surface area contributed by atoms with Crippen LogP contribution in [0.5, 0.6) is 0 Å². The standard InChI is InChI=1S/C15H23ClN2O2/c1-2-6-18-10-12(16)8-14(18)15(20)17-9-11-4-3-5-13(19)7-11/h8,10-11,13,19H,2-7,9H2,1H3,(H,17,20). The molecule has 112 valence electrons. The molecule has 1 aromatic rings. The van der Waals surface area contributed by atoms with Gasteiger partial charge in [0.15, 0.2) is 0 Å². The summed E-state index contributed by atoms with van der Waals surface area (Å²) in [6, 6.07) is 1.71. The van der Waals surface area contributed by atoms with Gasteiger partial charge < -0.3 is 15.0 Å².